The third-order valence-electron chi connectivity index (χ3n) is 6.48. The number of sulfonamides is 1. The molecule has 0 aromatic heterocycles. The van der Waals surface area contributed by atoms with E-state index in [1.165, 1.54) is 29.2 Å². The molecule has 11 heteroatoms. The predicted molar refractivity (Wildman–Crippen MR) is 164 cm³/mol. The van der Waals surface area contributed by atoms with Crippen LogP contribution < -0.4 is 19.1 Å². The third kappa shape index (κ3) is 8.62. The smallest absolute Gasteiger partial charge is 0.264 e. The Morgan fingerprint density at radius 1 is 0.905 bits per heavy atom. The first kappa shape index (κ1) is 32.8. The maximum Gasteiger partial charge on any atom is 0.264 e. The van der Waals surface area contributed by atoms with Gasteiger partial charge in [0, 0.05) is 18.1 Å². The average Bonchev–Trinajstić information content (AvgIpc) is 2.98. The maximum atomic E-state index is 14.0. The summed E-state index contributed by atoms with van der Waals surface area (Å²) < 4.78 is 39.6. The van der Waals surface area contributed by atoms with Crippen LogP contribution in [0.25, 0.3) is 0 Å². The van der Waals surface area contributed by atoms with E-state index in [4.69, 9.17) is 21.1 Å². The van der Waals surface area contributed by atoms with Gasteiger partial charge in [-0.2, -0.15) is 0 Å². The number of anilines is 1. The Morgan fingerprint density at radius 3 is 2.05 bits per heavy atom. The van der Waals surface area contributed by atoms with E-state index in [2.05, 4.69) is 5.32 Å². The van der Waals surface area contributed by atoms with E-state index in [-0.39, 0.29) is 29.0 Å². The number of ether oxygens (including phenoxy) is 2. The Bertz CT molecular complexity index is 1430. The number of nitrogens with zero attached hydrogens (tertiary/aromatic N) is 2. The minimum Gasteiger partial charge on any atom is -0.497 e. The van der Waals surface area contributed by atoms with E-state index >= 15 is 0 Å². The predicted octanol–water partition coefficient (Wildman–Crippen LogP) is 5.13. The van der Waals surface area contributed by atoms with Crippen molar-refractivity contribution in [3.8, 4) is 11.5 Å². The Kier molecular flexibility index (Phi) is 11.6. The van der Waals surface area contributed by atoms with Crippen molar-refractivity contribution < 1.29 is 27.5 Å². The Hall–Kier alpha value is -3.76. The van der Waals surface area contributed by atoms with Crippen LogP contribution in [0.15, 0.2) is 77.7 Å². The zero-order chi connectivity index (χ0) is 30.9. The van der Waals surface area contributed by atoms with Crippen LogP contribution in [0, 0.1) is 5.92 Å². The summed E-state index contributed by atoms with van der Waals surface area (Å²) >= 11 is 6.01. The standard InChI is InChI=1S/C31H38ClN3O6S/c1-6-41-28-15-11-26(12-16-28)35(42(38,39)29-17-9-25(32)10-18-29)21-30(36)34(23(4)31(37)33-19-22(2)3)20-24-7-13-27(40-5)14-8-24/h7-18,22-23H,6,19-21H2,1-5H3,(H,33,37). The first-order valence-corrected chi connectivity index (χ1v) is 15.5. The van der Waals surface area contributed by atoms with Crippen molar-refractivity contribution in [1.82, 2.24) is 10.2 Å². The van der Waals surface area contributed by atoms with Gasteiger partial charge in [0.25, 0.3) is 10.0 Å². The van der Waals surface area contributed by atoms with E-state index < -0.39 is 28.5 Å². The highest BCUT2D eigenvalue weighted by Gasteiger charge is 2.32. The normalized spacial score (nSPS) is 12.0. The average molecular weight is 616 g/mol. The molecule has 0 radical (unpaired) electrons. The second kappa shape index (κ2) is 14.9. The number of methoxy groups -OCH3 is 1. The van der Waals surface area contributed by atoms with Gasteiger partial charge >= 0.3 is 0 Å². The molecule has 42 heavy (non-hydrogen) atoms. The first-order chi connectivity index (χ1) is 20.0. The topological polar surface area (TPSA) is 105 Å². The van der Waals surface area contributed by atoms with Crippen LogP contribution in [0.3, 0.4) is 0 Å². The minimum absolute atomic E-state index is 0.0296. The molecule has 9 nitrogen and oxygen atoms in total. The SMILES string of the molecule is CCOc1ccc(N(CC(=O)N(Cc2ccc(OC)cc2)C(C)C(=O)NCC(C)C)S(=O)(=O)c2ccc(Cl)cc2)cc1. The molecule has 3 aromatic carbocycles. The lowest BCUT2D eigenvalue weighted by molar-refractivity contribution is -0.139. The summed E-state index contributed by atoms with van der Waals surface area (Å²) in [5.41, 5.74) is 1.02. The molecule has 3 rings (SSSR count). The monoisotopic (exact) mass is 615 g/mol. The quantitative estimate of drug-likeness (QED) is 0.270. The van der Waals surface area contributed by atoms with Crippen LogP contribution in [0.5, 0.6) is 11.5 Å². The van der Waals surface area contributed by atoms with E-state index in [0.717, 1.165) is 9.87 Å². The van der Waals surface area contributed by atoms with Gasteiger partial charge in [-0.25, -0.2) is 8.42 Å². The number of hydrogen-bond donors (Lipinski definition) is 1. The van der Waals surface area contributed by atoms with Crippen molar-refractivity contribution in [1.29, 1.82) is 0 Å². The van der Waals surface area contributed by atoms with Gasteiger partial charge in [-0.1, -0.05) is 37.6 Å². The lowest BCUT2D eigenvalue weighted by atomic mass is 10.1. The van der Waals surface area contributed by atoms with E-state index in [1.807, 2.05) is 20.8 Å². The van der Waals surface area contributed by atoms with Crippen LogP contribution in [-0.4, -0.2) is 58.0 Å². The van der Waals surface area contributed by atoms with Crippen LogP contribution in [-0.2, 0) is 26.2 Å². The third-order valence-corrected chi connectivity index (χ3v) is 8.52. The van der Waals surface area contributed by atoms with Crippen molar-refractivity contribution in [2.45, 2.75) is 45.2 Å². The summed E-state index contributed by atoms with van der Waals surface area (Å²) in [5, 5.41) is 3.25. The molecule has 0 spiro atoms. The summed E-state index contributed by atoms with van der Waals surface area (Å²) in [5.74, 6) is 0.540. The molecule has 0 aliphatic rings. The molecule has 2 amide bonds. The number of rotatable bonds is 14. The molecule has 0 heterocycles. The number of hydrogen-bond acceptors (Lipinski definition) is 6. The Labute approximate surface area is 253 Å². The Morgan fingerprint density at radius 2 is 1.50 bits per heavy atom. The molecule has 3 aromatic rings. The van der Waals surface area contributed by atoms with Gasteiger partial charge in [-0.05, 0) is 86.0 Å². The summed E-state index contributed by atoms with van der Waals surface area (Å²) in [4.78, 5) is 28.5. The van der Waals surface area contributed by atoms with Gasteiger partial charge < -0.3 is 19.7 Å². The zero-order valence-corrected chi connectivity index (χ0v) is 26.1. The molecule has 0 aliphatic carbocycles. The summed E-state index contributed by atoms with van der Waals surface area (Å²) in [6, 6.07) is 18.4. The molecule has 1 atom stereocenters. The second-order valence-electron chi connectivity index (χ2n) is 10.1. The van der Waals surface area contributed by atoms with Crippen molar-refractivity contribution in [2.24, 2.45) is 5.92 Å². The van der Waals surface area contributed by atoms with Crippen molar-refractivity contribution in [2.75, 3.05) is 31.1 Å². The highest BCUT2D eigenvalue weighted by Crippen LogP contribution is 2.27. The number of carbonyl (C=O) groups is 2. The van der Waals surface area contributed by atoms with Crippen LogP contribution in [0.1, 0.15) is 33.3 Å². The molecule has 0 saturated carbocycles. The molecule has 0 saturated heterocycles. The van der Waals surface area contributed by atoms with Crippen LogP contribution in [0.4, 0.5) is 5.69 Å². The van der Waals surface area contributed by atoms with Gasteiger partial charge in [0.05, 0.1) is 24.3 Å². The molecule has 1 N–H and O–H groups in total. The zero-order valence-electron chi connectivity index (χ0n) is 24.5. The van der Waals surface area contributed by atoms with Gasteiger partial charge in [-0.15, -0.1) is 0 Å². The molecule has 0 fully saturated rings. The van der Waals surface area contributed by atoms with E-state index in [0.29, 0.717) is 29.7 Å². The maximum absolute atomic E-state index is 14.0. The van der Waals surface area contributed by atoms with Gasteiger partial charge in [-0.3, -0.25) is 13.9 Å². The summed E-state index contributed by atoms with van der Waals surface area (Å²) in [6.45, 7) is 7.85. The summed E-state index contributed by atoms with van der Waals surface area (Å²) in [6.07, 6.45) is 0. The lowest BCUT2D eigenvalue weighted by Crippen LogP contribution is -2.51. The second-order valence-corrected chi connectivity index (χ2v) is 12.4. The highest BCUT2D eigenvalue weighted by molar-refractivity contribution is 7.92. The molecule has 0 bridgehead atoms. The number of nitrogens with one attached hydrogen (secondary N) is 1. The van der Waals surface area contributed by atoms with Crippen molar-refractivity contribution in [3.63, 3.8) is 0 Å². The number of halogens is 1. The van der Waals surface area contributed by atoms with E-state index in [1.54, 1.807) is 62.6 Å². The number of amides is 2. The van der Waals surface area contributed by atoms with Crippen LogP contribution >= 0.6 is 11.6 Å². The fraction of sp³-hybridized carbons (Fsp3) is 0.355. The van der Waals surface area contributed by atoms with Gasteiger partial charge in [0.1, 0.15) is 24.1 Å². The van der Waals surface area contributed by atoms with Gasteiger partial charge in [0.2, 0.25) is 11.8 Å². The number of carbonyl (C=O) groups excluding carboxylic acids is 2. The first-order valence-electron chi connectivity index (χ1n) is 13.7. The molecule has 226 valence electrons. The minimum atomic E-state index is -4.20. The molecular weight excluding hydrogens is 578 g/mol. The summed E-state index contributed by atoms with van der Waals surface area (Å²) in [7, 11) is -2.65. The largest absolute Gasteiger partial charge is 0.497 e. The molecule has 1 unspecified atom stereocenters. The van der Waals surface area contributed by atoms with Gasteiger partial charge in [0.15, 0.2) is 0 Å². The van der Waals surface area contributed by atoms with Crippen molar-refractivity contribution >= 4 is 39.1 Å². The molecular formula is C31H38ClN3O6S. The van der Waals surface area contributed by atoms with Crippen LogP contribution in [0.2, 0.25) is 5.02 Å². The highest BCUT2D eigenvalue weighted by atomic mass is 35.5. The number of benzene rings is 3. The lowest BCUT2D eigenvalue weighted by Gasteiger charge is -2.32. The van der Waals surface area contributed by atoms with E-state index in [9.17, 15) is 18.0 Å². The fourth-order valence-corrected chi connectivity index (χ4v) is 5.64. The molecule has 0 aliphatic heterocycles. The van der Waals surface area contributed by atoms with Crippen molar-refractivity contribution in [3.05, 3.63) is 83.4 Å². The Balaban J connectivity index is 2.01. The fourth-order valence-electron chi connectivity index (χ4n) is 4.10.